The van der Waals surface area contributed by atoms with Crippen molar-refractivity contribution in [3.8, 4) is 0 Å². The van der Waals surface area contributed by atoms with E-state index < -0.39 is 12.0 Å². The number of imidazole rings is 1. The lowest BCUT2D eigenvalue weighted by atomic mass is 10.1. The van der Waals surface area contributed by atoms with E-state index in [4.69, 9.17) is 11.5 Å². The molecule has 0 bridgehead atoms. The second-order valence-electron chi connectivity index (χ2n) is 4.12. The maximum absolute atomic E-state index is 10.0. The molecule has 6 heteroatoms. The Kier molecular flexibility index (Phi) is 8.86. The highest BCUT2D eigenvalue weighted by Gasteiger charge is 2.00. The van der Waals surface area contributed by atoms with E-state index in [1.165, 1.54) is 0 Å². The van der Waals surface area contributed by atoms with Crippen molar-refractivity contribution in [2.75, 3.05) is 6.54 Å². The third-order valence-electron chi connectivity index (χ3n) is 2.46. The van der Waals surface area contributed by atoms with Gasteiger partial charge in [-0.05, 0) is 26.3 Å². The zero-order chi connectivity index (χ0) is 14.0. The van der Waals surface area contributed by atoms with Gasteiger partial charge in [-0.3, -0.25) is 0 Å². The lowest BCUT2D eigenvalue weighted by Gasteiger charge is -2.10. The van der Waals surface area contributed by atoms with Gasteiger partial charge in [-0.1, -0.05) is 6.42 Å². The molecule has 1 rings (SSSR count). The van der Waals surface area contributed by atoms with Crippen molar-refractivity contribution < 1.29 is 14.5 Å². The summed E-state index contributed by atoms with van der Waals surface area (Å²) in [6, 6.07) is -0.827. The number of carboxylic acids is 1. The molecule has 1 aromatic rings. The fraction of sp³-hybridized carbons (Fsp3) is 0.667. The zero-order valence-electron chi connectivity index (χ0n) is 11.2. The van der Waals surface area contributed by atoms with Gasteiger partial charge in [-0.15, -0.1) is 0 Å². The molecule has 0 aliphatic carbocycles. The number of aliphatic carboxylic acids is 1. The van der Waals surface area contributed by atoms with E-state index in [-0.39, 0.29) is 0 Å². The van der Waals surface area contributed by atoms with Crippen LogP contribution in [0.1, 0.15) is 26.2 Å². The van der Waals surface area contributed by atoms with Crippen LogP contribution in [0.4, 0.5) is 0 Å². The molecule has 0 amide bonds. The summed E-state index contributed by atoms with van der Waals surface area (Å²) in [6.45, 7) is 3.76. The normalized spacial score (nSPS) is 11.6. The van der Waals surface area contributed by atoms with Crippen molar-refractivity contribution in [3.05, 3.63) is 18.7 Å². The average molecular weight is 256 g/mol. The first-order valence-corrected chi connectivity index (χ1v) is 6.18. The molecule has 1 atom stereocenters. The number of carbonyl (C=O) groups is 1. The van der Waals surface area contributed by atoms with E-state index in [0.29, 0.717) is 13.0 Å². The highest BCUT2D eigenvalue weighted by atomic mass is 16.4. The maximum atomic E-state index is 10.0. The van der Waals surface area contributed by atoms with Gasteiger partial charge in [0.25, 0.3) is 0 Å². The van der Waals surface area contributed by atoms with E-state index in [1.807, 2.05) is 17.8 Å². The SMILES string of the molecule is CCn1cc[n+](C)c1.NCCCC[C@H](N)C(=O)[O-]. The van der Waals surface area contributed by atoms with Crippen LogP contribution in [0, 0.1) is 0 Å². The van der Waals surface area contributed by atoms with Crippen LogP contribution in [-0.4, -0.2) is 23.1 Å². The molecule has 4 N–H and O–H groups in total. The summed E-state index contributed by atoms with van der Waals surface area (Å²) in [7, 11) is 2.02. The topological polar surface area (TPSA) is 101 Å². The molecule has 0 saturated carbocycles. The first kappa shape index (κ1) is 16.6. The van der Waals surface area contributed by atoms with Crippen LogP contribution in [-0.2, 0) is 18.4 Å². The third kappa shape index (κ3) is 7.81. The molecule has 0 aromatic carbocycles. The Labute approximate surface area is 108 Å². The Bertz CT molecular complexity index is 339. The number of carbonyl (C=O) groups excluding carboxylic acids is 1. The lowest BCUT2D eigenvalue weighted by molar-refractivity contribution is -0.671. The number of nitrogens with two attached hydrogens (primary N) is 2. The molecule has 6 nitrogen and oxygen atoms in total. The Balaban J connectivity index is 0.000000327. The molecule has 0 radical (unpaired) electrons. The van der Waals surface area contributed by atoms with Crippen molar-refractivity contribution in [2.24, 2.45) is 18.5 Å². The number of hydrogen-bond acceptors (Lipinski definition) is 4. The van der Waals surface area contributed by atoms with Gasteiger partial charge in [-0.2, -0.15) is 0 Å². The fourth-order valence-electron chi connectivity index (χ4n) is 1.32. The van der Waals surface area contributed by atoms with Gasteiger partial charge >= 0.3 is 0 Å². The number of aryl methyl sites for hydroxylation is 2. The number of carboxylic acid groups (broad SMARTS) is 1. The largest absolute Gasteiger partial charge is 0.548 e. The molecule has 0 spiro atoms. The molecule has 0 saturated heterocycles. The van der Waals surface area contributed by atoms with Gasteiger partial charge in [0.1, 0.15) is 12.4 Å². The molecule has 1 heterocycles. The lowest BCUT2D eigenvalue weighted by Crippen LogP contribution is -2.41. The Morgan fingerprint density at radius 2 is 2.17 bits per heavy atom. The van der Waals surface area contributed by atoms with Gasteiger partial charge in [0.2, 0.25) is 6.33 Å². The maximum Gasteiger partial charge on any atom is 0.243 e. The predicted molar refractivity (Wildman–Crippen MR) is 67.2 cm³/mol. The molecule has 0 fully saturated rings. The Morgan fingerprint density at radius 3 is 2.50 bits per heavy atom. The van der Waals surface area contributed by atoms with E-state index >= 15 is 0 Å². The highest BCUT2D eigenvalue weighted by Crippen LogP contribution is 1.95. The third-order valence-corrected chi connectivity index (χ3v) is 2.46. The smallest absolute Gasteiger partial charge is 0.243 e. The van der Waals surface area contributed by atoms with Crippen LogP contribution in [0.2, 0.25) is 0 Å². The minimum absolute atomic E-state index is 0.458. The van der Waals surface area contributed by atoms with Gasteiger partial charge < -0.3 is 21.4 Å². The summed E-state index contributed by atoms with van der Waals surface area (Å²) in [5.41, 5.74) is 10.3. The predicted octanol–water partition coefficient (Wildman–Crippen LogP) is -1.47. The van der Waals surface area contributed by atoms with Crippen LogP contribution in [0.3, 0.4) is 0 Å². The molecular weight excluding hydrogens is 232 g/mol. The molecule has 0 aliphatic heterocycles. The fourth-order valence-corrected chi connectivity index (χ4v) is 1.32. The summed E-state index contributed by atoms with van der Waals surface area (Å²) in [5.74, 6) is -1.18. The van der Waals surface area contributed by atoms with Gasteiger partial charge in [0, 0.05) is 6.04 Å². The Morgan fingerprint density at radius 1 is 1.50 bits per heavy atom. The average Bonchev–Trinajstić information content (AvgIpc) is 2.76. The van der Waals surface area contributed by atoms with Gasteiger partial charge in [-0.25, -0.2) is 9.13 Å². The van der Waals surface area contributed by atoms with E-state index in [1.54, 1.807) is 0 Å². The molecule has 0 unspecified atom stereocenters. The summed E-state index contributed by atoms with van der Waals surface area (Å²) < 4.78 is 4.16. The minimum atomic E-state index is -1.18. The first-order valence-electron chi connectivity index (χ1n) is 6.18. The van der Waals surface area contributed by atoms with Crippen molar-refractivity contribution >= 4 is 5.97 Å². The highest BCUT2D eigenvalue weighted by molar-refractivity contribution is 5.70. The molecule has 104 valence electrons. The van der Waals surface area contributed by atoms with Crippen LogP contribution >= 0.6 is 0 Å². The summed E-state index contributed by atoms with van der Waals surface area (Å²) in [5, 5.41) is 10.0. The second-order valence-corrected chi connectivity index (χ2v) is 4.12. The zero-order valence-corrected chi connectivity index (χ0v) is 11.2. The molecule has 1 aromatic heterocycles. The van der Waals surface area contributed by atoms with Crippen molar-refractivity contribution in [3.63, 3.8) is 0 Å². The number of nitrogens with zero attached hydrogens (tertiary/aromatic N) is 2. The first-order chi connectivity index (χ1) is 8.51. The number of hydrogen-bond donors (Lipinski definition) is 2. The summed E-state index contributed by atoms with van der Waals surface area (Å²) in [6.07, 6.45) is 8.18. The van der Waals surface area contributed by atoms with Crippen molar-refractivity contribution in [1.82, 2.24) is 4.57 Å². The standard InChI is InChI=1S/C6H14N2O2.C6H11N2/c7-4-2-1-3-5(8)6(9)10;1-3-8-5-4-7(2)6-8/h5H,1-4,7-8H2,(H,9,10);4-6H,3H2,1-2H3/q;+1/p-1/t5-;/m0./s1. The molecular formula is C12H24N4O2. The monoisotopic (exact) mass is 256 g/mol. The quantitative estimate of drug-likeness (QED) is 0.479. The van der Waals surface area contributed by atoms with Crippen LogP contribution < -0.4 is 21.1 Å². The molecule has 0 aliphatic rings. The van der Waals surface area contributed by atoms with E-state index in [9.17, 15) is 9.90 Å². The van der Waals surface area contributed by atoms with Crippen molar-refractivity contribution in [1.29, 1.82) is 0 Å². The van der Waals surface area contributed by atoms with E-state index in [0.717, 1.165) is 19.4 Å². The van der Waals surface area contributed by atoms with Crippen LogP contribution in [0.15, 0.2) is 18.7 Å². The van der Waals surface area contributed by atoms with Crippen molar-refractivity contribution in [2.45, 2.75) is 38.8 Å². The number of rotatable bonds is 6. The van der Waals surface area contributed by atoms with Gasteiger partial charge in [0.05, 0.1) is 19.6 Å². The Hall–Kier alpha value is -1.40. The molecule has 18 heavy (non-hydrogen) atoms. The van der Waals surface area contributed by atoms with Gasteiger partial charge in [0.15, 0.2) is 0 Å². The van der Waals surface area contributed by atoms with E-state index in [2.05, 4.69) is 24.0 Å². The summed E-state index contributed by atoms with van der Waals surface area (Å²) >= 11 is 0. The number of unbranched alkanes of at least 4 members (excludes halogenated alkanes) is 1. The second kappa shape index (κ2) is 9.61. The van der Waals surface area contributed by atoms with Crippen LogP contribution in [0.25, 0.3) is 0 Å². The minimum Gasteiger partial charge on any atom is -0.548 e. The summed E-state index contributed by atoms with van der Waals surface area (Å²) in [4.78, 5) is 10.0. The number of aromatic nitrogens is 2. The van der Waals surface area contributed by atoms with Crippen LogP contribution in [0.5, 0.6) is 0 Å².